The Morgan fingerprint density at radius 3 is 2.44 bits per heavy atom. The minimum atomic E-state index is -0.463. The third-order valence-corrected chi connectivity index (χ3v) is 2.77. The van der Waals surface area contributed by atoms with Gasteiger partial charge in [-0.2, -0.15) is 0 Å². The van der Waals surface area contributed by atoms with E-state index >= 15 is 0 Å². The second kappa shape index (κ2) is 5.80. The molecule has 1 aromatic rings. The molecule has 88 valence electrons. The van der Waals surface area contributed by atoms with Crippen LogP contribution in [0.5, 0.6) is 0 Å². The monoisotopic (exact) mass is 220 g/mol. The molecule has 0 radical (unpaired) electrons. The lowest BCUT2D eigenvalue weighted by atomic mass is 9.81. The molecule has 0 heterocycles. The molecule has 1 aromatic carbocycles. The maximum atomic E-state index is 12.0. The molecule has 0 aromatic heterocycles. The number of ether oxygens (including phenoxy) is 1. The van der Waals surface area contributed by atoms with Gasteiger partial charge in [-0.3, -0.25) is 4.79 Å². The van der Waals surface area contributed by atoms with Crippen molar-refractivity contribution in [3.8, 4) is 0 Å². The number of benzene rings is 1. The van der Waals surface area contributed by atoms with Crippen molar-refractivity contribution in [3.63, 3.8) is 0 Å². The summed E-state index contributed by atoms with van der Waals surface area (Å²) in [6.45, 7) is 6.78. The SMILES string of the molecule is CCCOCC(=O)C(C)(C)c1ccccc1. The van der Waals surface area contributed by atoms with E-state index in [1.165, 1.54) is 0 Å². The smallest absolute Gasteiger partial charge is 0.168 e. The van der Waals surface area contributed by atoms with E-state index in [4.69, 9.17) is 4.74 Å². The van der Waals surface area contributed by atoms with Gasteiger partial charge in [0, 0.05) is 6.61 Å². The number of carbonyl (C=O) groups is 1. The zero-order valence-corrected chi connectivity index (χ0v) is 10.3. The van der Waals surface area contributed by atoms with Crippen molar-refractivity contribution in [1.82, 2.24) is 0 Å². The van der Waals surface area contributed by atoms with Gasteiger partial charge in [-0.15, -0.1) is 0 Å². The Labute approximate surface area is 97.6 Å². The highest BCUT2D eigenvalue weighted by atomic mass is 16.5. The lowest BCUT2D eigenvalue weighted by Crippen LogP contribution is -2.32. The van der Waals surface area contributed by atoms with Crippen LogP contribution < -0.4 is 0 Å². The fraction of sp³-hybridized carbons (Fsp3) is 0.500. The molecule has 2 nitrogen and oxygen atoms in total. The van der Waals surface area contributed by atoms with Gasteiger partial charge in [-0.1, -0.05) is 37.3 Å². The Morgan fingerprint density at radius 1 is 1.25 bits per heavy atom. The number of carbonyl (C=O) groups excluding carboxylic acids is 1. The zero-order chi connectivity index (χ0) is 12.0. The first-order chi connectivity index (χ1) is 7.59. The molecule has 16 heavy (non-hydrogen) atoms. The number of rotatable bonds is 6. The van der Waals surface area contributed by atoms with Gasteiger partial charge < -0.3 is 4.74 Å². The highest BCUT2D eigenvalue weighted by molar-refractivity contribution is 5.90. The van der Waals surface area contributed by atoms with Gasteiger partial charge >= 0.3 is 0 Å². The van der Waals surface area contributed by atoms with Crippen molar-refractivity contribution < 1.29 is 9.53 Å². The van der Waals surface area contributed by atoms with Crippen LogP contribution in [-0.2, 0) is 14.9 Å². The second-order valence-corrected chi connectivity index (χ2v) is 4.47. The number of hydrogen-bond donors (Lipinski definition) is 0. The van der Waals surface area contributed by atoms with Gasteiger partial charge in [-0.25, -0.2) is 0 Å². The molecular weight excluding hydrogens is 200 g/mol. The summed E-state index contributed by atoms with van der Waals surface area (Å²) >= 11 is 0. The van der Waals surface area contributed by atoms with Gasteiger partial charge in [-0.05, 0) is 25.8 Å². The number of Topliss-reactive ketones (excluding diaryl/α,β-unsaturated/α-hetero) is 1. The van der Waals surface area contributed by atoms with Crippen LogP contribution in [0.1, 0.15) is 32.8 Å². The van der Waals surface area contributed by atoms with Gasteiger partial charge in [0.15, 0.2) is 5.78 Å². The molecular formula is C14H20O2. The summed E-state index contributed by atoms with van der Waals surface area (Å²) in [7, 11) is 0. The van der Waals surface area contributed by atoms with Crippen LogP contribution in [0.3, 0.4) is 0 Å². The van der Waals surface area contributed by atoms with Crippen molar-refractivity contribution in [3.05, 3.63) is 35.9 Å². The molecule has 0 saturated carbocycles. The van der Waals surface area contributed by atoms with Crippen molar-refractivity contribution in [2.75, 3.05) is 13.2 Å². The quantitative estimate of drug-likeness (QED) is 0.689. The molecule has 0 fully saturated rings. The van der Waals surface area contributed by atoms with E-state index in [1.807, 2.05) is 51.1 Å². The average Bonchev–Trinajstić information content (AvgIpc) is 2.30. The van der Waals surface area contributed by atoms with Gasteiger partial charge in [0.25, 0.3) is 0 Å². The minimum Gasteiger partial charge on any atom is -0.374 e. The lowest BCUT2D eigenvalue weighted by Gasteiger charge is -2.23. The first kappa shape index (κ1) is 12.9. The molecule has 0 unspecified atom stereocenters. The van der Waals surface area contributed by atoms with E-state index in [0.717, 1.165) is 12.0 Å². The highest BCUT2D eigenvalue weighted by Gasteiger charge is 2.28. The summed E-state index contributed by atoms with van der Waals surface area (Å²) < 4.78 is 5.30. The van der Waals surface area contributed by atoms with E-state index in [1.54, 1.807) is 0 Å². The fourth-order valence-electron chi connectivity index (χ4n) is 1.51. The molecule has 0 aliphatic rings. The van der Waals surface area contributed by atoms with E-state index in [2.05, 4.69) is 0 Å². The summed E-state index contributed by atoms with van der Waals surface area (Å²) in [6, 6.07) is 9.83. The Balaban J connectivity index is 2.66. The Kier molecular flexibility index (Phi) is 4.69. The summed E-state index contributed by atoms with van der Waals surface area (Å²) in [4.78, 5) is 12.0. The third-order valence-electron chi connectivity index (χ3n) is 2.77. The van der Waals surface area contributed by atoms with Crippen LogP contribution in [-0.4, -0.2) is 19.0 Å². The molecule has 0 aliphatic carbocycles. The summed E-state index contributed by atoms with van der Waals surface area (Å²) in [5.74, 6) is 0.132. The summed E-state index contributed by atoms with van der Waals surface area (Å²) in [5, 5.41) is 0. The van der Waals surface area contributed by atoms with E-state index in [9.17, 15) is 4.79 Å². The molecule has 0 saturated heterocycles. The van der Waals surface area contributed by atoms with Gasteiger partial charge in [0.1, 0.15) is 6.61 Å². The number of hydrogen-bond acceptors (Lipinski definition) is 2. The van der Waals surface area contributed by atoms with E-state index in [-0.39, 0.29) is 12.4 Å². The predicted octanol–water partition coefficient (Wildman–Crippen LogP) is 2.96. The van der Waals surface area contributed by atoms with E-state index in [0.29, 0.717) is 6.61 Å². The standard InChI is InChI=1S/C14H20O2/c1-4-10-16-11-13(15)14(2,3)12-8-6-5-7-9-12/h5-9H,4,10-11H2,1-3H3. The largest absolute Gasteiger partial charge is 0.374 e. The predicted molar refractivity (Wildman–Crippen MR) is 65.6 cm³/mol. The molecule has 0 spiro atoms. The maximum absolute atomic E-state index is 12.0. The Bertz CT molecular complexity index is 328. The number of ketones is 1. The third kappa shape index (κ3) is 3.17. The minimum absolute atomic E-state index is 0.132. The van der Waals surface area contributed by atoms with Crippen molar-refractivity contribution in [2.45, 2.75) is 32.6 Å². The van der Waals surface area contributed by atoms with E-state index < -0.39 is 5.41 Å². The molecule has 0 bridgehead atoms. The van der Waals surface area contributed by atoms with Gasteiger partial charge in [0.05, 0.1) is 5.41 Å². The lowest BCUT2D eigenvalue weighted by molar-refractivity contribution is -0.128. The van der Waals surface area contributed by atoms with Crippen LogP contribution in [0, 0.1) is 0 Å². The topological polar surface area (TPSA) is 26.3 Å². The van der Waals surface area contributed by atoms with Gasteiger partial charge in [0.2, 0.25) is 0 Å². The van der Waals surface area contributed by atoms with Crippen molar-refractivity contribution >= 4 is 5.78 Å². The zero-order valence-electron chi connectivity index (χ0n) is 10.3. The molecule has 0 atom stereocenters. The molecule has 0 aliphatic heterocycles. The maximum Gasteiger partial charge on any atom is 0.168 e. The van der Waals surface area contributed by atoms with Crippen LogP contribution in [0.4, 0.5) is 0 Å². The van der Waals surface area contributed by atoms with Crippen LogP contribution >= 0.6 is 0 Å². The summed E-state index contributed by atoms with van der Waals surface area (Å²) in [6.07, 6.45) is 0.943. The first-order valence-corrected chi connectivity index (χ1v) is 5.75. The normalized spacial score (nSPS) is 11.4. The first-order valence-electron chi connectivity index (χ1n) is 5.75. The van der Waals surface area contributed by atoms with Crippen molar-refractivity contribution in [1.29, 1.82) is 0 Å². The summed E-state index contributed by atoms with van der Waals surface area (Å²) in [5.41, 5.74) is 0.578. The van der Waals surface area contributed by atoms with Crippen molar-refractivity contribution in [2.24, 2.45) is 0 Å². The van der Waals surface area contributed by atoms with Crippen LogP contribution in [0.15, 0.2) is 30.3 Å². The molecule has 0 N–H and O–H groups in total. The molecule has 0 amide bonds. The molecule has 2 heteroatoms. The van der Waals surface area contributed by atoms with Crippen LogP contribution in [0.2, 0.25) is 0 Å². The average molecular weight is 220 g/mol. The van der Waals surface area contributed by atoms with Crippen LogP contribution in [0.25, 0.3) is 0 Å². The second-order valence-electron chi connectivity index (χ2n) is 4.47. The molecule has 1 rings (SSSR count). The Morgan fingerprint density at radius 2 is 1.88 bits per heavy atom. The fourth-order valence-corrected chi connectivity index (χ4v) is 1.51. The highest BCUT2D eigenvalue weighted by Crippen LogP contribution is 2.23. The Hall–Kier alpha value is -1.15.